The number of nitrogens with one attached hydrogen (secondary N) is 1. The number of pyridine rings is 1. The van der Waals surface area contributed by atoms with E-state index in [1.165, 1.54) is 0 Å². The Morgan fingerprint density at radius 1 is 1.44 bits per heavy atom. The first-order valence-corrected chi connectivity index (χ1v) is 4.01. The van der Waals surface area contributed by atoms with E-state index in [9.17, 15) is 22.8 Å². The highest BCUT2D eigenvalue weighted by atomic mass is 19.4. The van der Waals surface area contributed by atoms with Gasteiger partial charge in [-0.05, 0) is 17.7 Å². The van der Waals surface area contributed by atoms with Crippen LogP contribution in [0.15, 0.2) is 23.1 Å². The van der Waals surface area contributed by atoms with Gasteiger partial charge in [0.05, 0.1) is 0 Å². The van der Waals surface area contributed by atoms with Crippen LogP contribution >= 0.6 is 0 Å². The molecular formula is C9H6F3NO3. The number of rotatable bonds is 2. The Labute approximate surface area is 87.0 Å². The number of carboxylic acid groups (broad SMARTS) is 1. The summed E-state index contributed by atoms with van der Waals surface area (Å²) in [6.45, 7) is 0. The van der Waals surface area contributed by atoms with Gasteiger partial charge in [-0.15, -0.1) is 0 Å². The lowest BCUT2D eigenvalue weighted by atomic mass is 10.2. The second-order valence-electron chi connectivity index (χ2n) is 2.85. The molecule has 4 nitrogen and oxygen atoms in total. The number of aliphatic carboxylic acids is 1. The molecule has 0 radical (unpaired) electrons. The lowest BCUT2D eigenvalue weighted by Crippen LogP contribution is -2.21. The van der Waals surface area contributed by atoms with E-state index in [0.717, 1.165) is 12.3 Å². The number of H-pyrrole nitrogens is 1. The molecule has 0 bridgehead atoms. The fourth-order valence-electron chi connectivity index (χ4n) is 0.975. The van der Waals surface area contributed by atoms with Gasteiger partial charge in [-0.3, -0.25) is 4.79 Å². The second-order valence-corrected chi connectivity index (χ2v) is 2.85. The summed E-state index contributed by atoms with van der Waals surface area (Å²) in [4.78, 5) is 22.9. The molecule has 1 heterocycles. The van der Waals surface area contributed by atoms with Crippen LogP contribution in [0.1, 0.15) is 11.1 Å². The molecule has 1 aromatic heterocycles. The van der Waals surface area contributed by atoms with Gasteiger partial charge in [0.25, 0.3) is 5.56 Å². The van der Waals surface area contributed by atoms with E-state index in [4.69, 9.17) is 5.11 Å². The van der Waals surface area contributed by atoms with Crippen LogP contribution in [-0.4, -0.2) is 16.1 Å². The Balaban J connectivity index is 3.18. The molecule has 0 atom stereocenters. The Kier molecular flexibility index (Phi) is 3.17. The van der Waals surface area contributed by atoms with Crippen molar-refractivity contribution < 1.29 is 23.1 Å². The number of carbonyl (C=O) groups is 1. The molecule has 0 aromatic carbocycles. The Morgan fingerprint density at radius 2 is 2.06 bits per heavy atom. The topological polar surface area (TPSA) is 70.2 Å². The van der Waals surface area contributed by atoms with Crippen LogP contribution < -0.4 is 5.56 Å². The monoisotopic (exact) mass is 233 g/mol. The summed E-state index contributed by atoms with van der Waals surface area (Å²) in [5.41, 5.74) is -2.67. The van der Waals surface area contributed by atoms with Crippen LogP contribution in [-0.2, 0) is 11.0 Å². The molecule has 0 aliphatic carbocycles. The van der Waals surface area contributed by atoms with Crippen molar-refractivity contribution >= 4 is 12.0 Å². The molecule has 0 aliphatic heterocycles. The van der Waals surface area contributed by atoms with Gasteiger partial charge >= 0.3 is 12.1 Å². The Hall–Kier alpha value is -2.05. The summed E-state index contributed by atoms with van der Waals surface area (Å²) in [7, 11) is 0. The molecule has 2 N–H and O–H groups in total. The average Bonchev–Trinajstić information content (AvgIpc) is 2.14. The van der Waals surface area contributed by atoms with E-state index < -0.39 is 23.3 Å². The molecule has 7 heteroatoms. The molecule has 0 fully saturated rings. The minimum absolute atomic E-state index is 0.0469. The zero-order chi connectivity index (χ0) is 12.3. The van der Waals surface area contributed by atoms with Crippen molar-refractivity contribution in [1.29, 1.82) is 0 Å². The summed E-state index contributed by atoms with van der Waals surface area (Å²) < 4.78 is 36.8. The van der Waals surface area contributed by atoms with Gasteiger partial charge in [-0.1, -0.05) is 0 Å². The lowest BCUT2D eigenvalue weighted by Gasteiger charge is -2.05. The molecule has 0 saturated carbocycles. The van der Waals surface area contributed by atoms with Gasteiger partial charge in [0.15, 0.2) is 0 Å². The van der Waals surface area contributed by atoms with Gasteiger partial charge in [-0.2, -0.15) is 13.2 Å². The molecule has 1 aromatic rings. The SMILES string of the molecule is O=C(O)C=Cc1c[nH]c(=O)c(C(F)(F)F)c1. The summed E-state index contributed by atoms with van der Waals surface area (Å²) >= 11 is 0. The van der Waals surface area contributed by atoms with Gasteiger partial charge in [0, 0.05) is 12.3 Å². The summed E-state index contributed by atoms with van der Waals surface area (Å²) in [6, 6.07) is 0.582. The van der Waals surface area contributed by atoms with E-state index in [2.05, 4.69) is 0 Å². The van der Waals surface area contributed by atoms with Gasteiger partial charge in [-0.25, -0.2) is 4.79 Å². The molecule has 1 rings (SSSR count). The standard InChI is InChI=1S/C9H6F3NO3/c10-9(11,12)6-3-5(1-2-7(14)15)4-13-8(6)16/h1-4H,(H,13,16)(H,14,15). The van der Waals surface area contributed by atoms with Crippen molar-refractivity contribution in [3.63, 3.8) is 0 Å². The van der Waals surface area contributed by atoms with Crippen molar-refractivity contribution in [2.75, 3.05) is 0 Å². The summed E-state index contributed by atoms with van der Waals surface area (Å²) in [5, 5.41) is 8.28. The maximum absolute atomic E-state index is 12.3. The fraction of sp³-hybridized carbons (Fsp3) is 0.111. The van der Waals surface area contributed by atoms with E-state index in [0.29, 0.717) is 12.1 Å². The average molecular weight is 233 g/mol. The van der Waals surface area contributed by atoms with Crippen LogP contribution in [0.4, 0.5) is 13.2 Å². The Bertz CT molecular complexity index is 488. The Morgan fingerprint density at radius 3 is 2.56 bits per heavy atom. The number of hydrogen-bond acceptors (Lipinski definition) is 2. The third-order valence-corrected chi connectivity index (χ3v) is 1.65. The van der Waals surface area contributed by atoms with E-state index in [1.54, 1.807) is 0 Å². The third-order valence-electron chi connectivity index (χ3n) is 1.65. The molecule has 16 heavy (non-hydrogen) atoms. The largest absolute Gasteiger partial charge is 0.478 e. The maximum Gasteiger partial charge on any atom is 0.421 e. The van der Waals surface area contributed by atoms with E-state index >= 15 is 0 Å². The van der Waals surface area contributed by atoms with Crippen LogP contribution in [0.25, 0.3) is 6.08 Å². The highest BCUT2D eigenvalue weighted by molar-refractivity contribution is 5.85. The molecule has 0 saturated heterocycles. The highest BCUT2D eigenvalue weighted by Gasteiger charge is 2.33. The van der Waals surface area contributed by atoms with Crippen LogP contribution in [0.2, 0.25) is 0 Å². The number of carboxylic acids is 1. The highest BCUT2D eigenvalue weighted by Crippen LogP contribution is 2.26. The van der Waals surface area contributed by atoms with Crippen LogP contribution in [0.3, 0.4) is 0 Å². The van der Waals surface area contributed by atoms with E-state index in [-0.39, 0.29) is 5.56 Å². The number of aromatic nitrogens is 1. The second kappa shape index (κ2) is 4.21. The predicted molar refractivity (Wildman–Crippen MR) is 48.7 cm³/mol. The third kappa shape index (κ3) is 2.97. The van der Waals surface area contributed by atoms with Crippen molar-refractivity contribution in [2.45, 2.75) is 6.18 Å². The molecule has 86 valence electrons. The molecule has 0 aliphatic rings. The van der Waals surface area contributed by atoms with Crippen molar-refractivity contribution in [1.82, 2.24) is 4.98 Å². The zero-order valence-electron chi connectivity index (χ0n) is 7.71. The lowest BCUT2D eigenvalue weighted by molar-refractivity contribution is -0.138. The van der Waals surface area contributed by atoms with Crippen molar-refractivity contribution in [2.24, 2.45) is 0 Å². The molecular weight excluding hydrogens is 227 g/mol. The number of halogens is 3. The predicted octanol–water partition coefficient (Wildman–Crippen LogP) is 1.49. The van der Waals surface area contributed by atoms with Crippen molar-refractivity contribution in [3.05, 3.63) is 39.8 Å². The molecule has 0 unspecified atom stereocenters. The summed E-state index contributed by atoms with van der Waals surface area (Å²) in [6.07, 6.45) is -2.14. The first-order valence-electron chi connectivity index (χ1n) is 4.01. The van der Waals surface area contributed by atoms with E-state index in [1.807, 2.05) is 4.98 Å². The number of aromatic amines is 1. The molecule has 0 amide bonds. The van der Waals surface area contributed by atoms with Gasteiger partial charge in [0.2, 0.25) is 0 Å². The van der Waals surface area contributed by atoms with Crippen LogP contribution in [0, 0.1) is 0 Å². The van der Waals surface area contributed by atoms with Crippen molar-refractivity contribution in [3.8, 4) is 0 Å². The minimum atomic E-state index is -4.76. The fourth-order valence-corrected chi connectivity index (χ4v) is 0.975. The summed E-state index contributed by atoms with van der Waals surface area (Å²) in [5.74, 6) is -1.29. The van der Waals surface area contributed by atoms with Crippen LogP contribution in [0.5, 0.6) is 0 Å². The van der Waals surface area contributed by atoms with Gasteiger partial charge < -0.3 is 10.1 Å². The maximum atomic E-state index is 12.3. The zero-order valence-corrected chi connectivity index (χ0v) is 7.71. The molecule has 0 spiro atoms. The number of hydrogen-bond donors (Lipinski definition) is 2. The van der Waals surface area contributed by atoms with Gasteiger partial charge in [0.1, 0.15) is 5.56 Å². The minimum Gasteiger partial charge on any atom is -0.478 e. The normalized spacial score (nSPS) is 11.9. The first-order chi connectivity index (χ1) is 7.30. The smallest absolute Gasteiger partial charge is 0.421 e. The quantitative estimate of drug-likeness (QED) is 0.760. The first kappa shape index (κ1) is 12.0. The number of alkyl halides is 3.